The van der Waals surface area contributed by atoms with Crippen LogP contribution in [0, 0.1) is 0 Å². The fourth-order valence-electron chi connectivity index (χ4n) is 2.36. The fraction of sp³-hybridized carbons (Fsp3) is 0.200. The molecule has 0 saturated heterocycles. The lowest BCUT2D eigenvalue weighted by Gasteiger charge is -2.19. The van der Waals surface area contributed by atoms with Crippen molar-refractivity contribution in [1.82, 2.24) is 14.5 Å². The minimum absolute atomic E-state index is 0.301. The van der Waals surface area contributed by atoms with Gasteiger partial charge in [-0.15, -0.1) is 11.6 Å². The number of anilines is 1. The zero-order valence-electron chi connectivity index (χ0n) is 11.7. The summed E-state index contributed by atoms with van der Waals surface area (Å²) < 4.78 is 1.98. The van der Waals surface area contributed by atoms with Crippen LogP contribution in [-0.2, 0) is 5.88 Å². The van der Waals surface area contributed by atoms with E-state index in [9.17, 15) is 0 Å². The number of hydrogen-bond acceptors (Lipinski definition) is 3. The lowest BCUT2D eigenvalue weighted by atomic mass is 10.2. The highest BCUT2D eigenvalue weighted by atomic mass is 35.5. The van der Waals surface area contributed by atoms with Crippen molar-refractivity contribution < 1.29 is 0 Å². The molecule has 1 aromatic carbocycles. The second kappa shape index (κ2) is 5.54. The first-order valence-electron chi connectivity index (χ1n) is 6.47. The zero-order valence-corrected chi connectivity index (χ0v) is 13.2. The van der Waals surface area contributed by atoms with E-state index in [1.165, 1.54) is 0 Å². The van der Waals surface area contributed by atoms with Crippen molar-refractivity contribution in [3.63, 3.8) is 0 Å². The van der Waals surface area contributed by atoms with Gasteiger partial charge in [-0.3, -0.25) is 4.57 Å². The van der Waals surface area contributed by atoms with Gasteiger partial charge in [0, 0.05) is 20.3 Å². The van der Waals surface area contributed by atoms with Crippen molar-refractivity contribution in [2.75, 3.05) is 19.0 Å². The van der Waals surface area contributed by atoms with Gasteiger partial charge in [-0.25, -0.2) is 9.97 Å². The average Bonchev–Trinajstić information content (AvgIpc) is 2.84. The number of rotatable bonds is 3. The summed E-state index contributed by atoms with van der Waals surface area (Å²) in [5, 5.41) is 0.564. The Hall–Kier alpha value is -1.78. The van der Waals surface area contributed by atoms with E-state index < -0.39 is 0 Å². The van der Waals surface area contributed by atoms with Crippen LogP contribution in [0.3, 0.4) is 0 Å². The Morgan fingerprint density at radius 1 is 1.24 bits per heavy atom. The van der Waals surface area contributed by atoms with Crippen molar-refractivity contribution in [3.05, 3.63) is 47.4 Å². The standard InChI is InChI=1S/C15H14Cl2N4/c1-20(2)12-5-3-4-6-13(12)21-14(8-16)19-11-7-10(17)9-18-15(11)21/h3-7,9H,8H2,1-2H3. The number of benzene rings is 1. The second-order valence-electron chi connectivity index (χ2n) is 4.88. The predicted octanol–water partition coefficient (Wildman–Crippen LogP) is 3.88. The third-order valence-corrected chi connectivity index (χ3v) is 3.70. The molecule has 0 aliphatic carbocycles. The Balaban J connectivity index is 2.34. The molecular weight excluding hydrogens is 307 g/mol. The number of nitrogens with zero attached hydrogens (tertiary/aromatic N) is 4. The molecule has 2 heterocycles. The molecule has 108 valence electrons. The van der Waals surface area contributed by atoms with Crippen molar-refractivity contribution in [2.24, 2.45) is 0 Å². The van der Waals surface area contributed by atoms with Crippen LogP contribution in [0.1, 0.15) is 5.82 Å². The molecule has 0 aliphatic heterocycles. The molecule has 0 aliphatic rings. The third kappa shape index (κ3) is 2.45. The highest BCUT2D eigenvalue weighted by molar-refractivity contribution is 6.31. The normalized spacial score (nSPS) is 11.0. The van der Waals surface area contributed by atoms with E-state index in [1.807, 2.05) is 36.9 Å². The largest absolute Gasteiger partial charge is 0.376 e. The SMILES string of the molecule is CN(C)c1ccccc1-n1c(CCl)nc2cc(Cl)cnc21. The number of alkyl halides is 1. The van der Waals surface area contributed by atoms with Crippen LogP contribution >= 0.6 is 23.2 Å². The maximum Gasteiger partial charge on any atom is 0.164 e. The quantitative estimate of drug-likeness (QED) is 0.687. The van der Waals surface area contributed by atoms with Crippen molar-refractivity contribution in [2.45, 2.75) is 5.88 Å². The minimum Gasteiger partial charge on any atom is -0.376 e. The summed E-state index contributed by atoms with van der Waals surface area (Å²) in [6.45, 7) is 0. The second-order valence-corrected chi connectivity index (χ2v) is 5.58. The number of halogens is 2. The first kappa shape index (κ1) is 14.2. The Morgan fingerprint density at radius 3 is 2.71 bits per heavy atom. The average molecular weight is 321 g/mol. The molecule has 3 rings (SSSR count). The molecular formula is C15H14Cl2N4. The van der Waals surface area contributed by atoms with Crippen molar-refractivity contribution in [1.29, 1.82) is 0 Å². The van der Waals surface area contributed by atoms with Gasteiger partial charge in [0.1, 0.15) is 11.3 Å². The van der Waals surface area contributed by atoms with E-state index in [2.05, 4.69) is 20.9 Å². The van der Waals surface area contributed by atoms with Crippen LogP contribution in [0.25, 0.3) is 16.9 Å². The maximum absolute atomic E-state index is 6.07. The minimum atomic E-state index is 0.301. The third-order valence-electron chi connectivity index (χ3n) is 3.26. The molecule has 2 aromatic heterocycles. The molecule has 4 nitrogen and oxygen atoms in total. The van der Waals surface area contributed by atoms with Crippen LogP contribution in [0.2, 0.25) is 5.02 Å². The van der Waals surface area contributed by atoms with Crippen LogP contribution in [0.4, 0.5) is 5.69 Å². The molecule has 0 fully saturated rings. The maximum atomic E-state index is 6.07. The smallest absolute Gasteiger partial charge is 0.164 e. The molecule has 0 saturated carbocycles. The van der Waals surface area contributed by atoms with Gasteiger partial charge in [0.25, 0.3) is 0 Å². The van der Waals surface area contributed by atoms with E-state index in [4.69, 9.17) is 23.2 Å². The molecule has 0 spiro atoms. The summed E-state index contributed by atoms with van der Waals surface area (Å²) in [4.78, 5) is 11.0. The molecule has 21 heavy (non-hydrogen) atoms. The van der Waals surface area contributed by atoms with E-state index in [0.717, 1.165) is 28.4 Å². The topological polar surface area (TPSA) is 34.0 Å². The molecule has 0 radical (unpaired) electrons. The Kier molecular flexibility index (Phi) is 3.74. The van der Waals surface area contributed by atoms with Gasteiger partial charge < -0.3 is 4.90 Å². The van der Waals surface area contributed by atoms with Crippen LogP contribution < -0.4 is 4.90 Å². The number of aromatic nitrogens is 3. The number of pyridine rings is 1. The van der Waals surface area contributed by atoms with Crippen LogP contribution in [-0.4, -0.2) is 28.6 Å². The Bertz CT molecular complexity index is 795. The number of para-hydroxylation sites is 2. The van der Waals surface area contributed by atoms with Crippen LogP contribution in [0.5, 0.6) is 0 Å². The lowest BCUT2D eigenvalue weighted by molar-refractivity contribution is 0.958. The van der Waals surface area contributed by atoms with E-state index in [1.54, 1.807) is 12.3 Å². The van der Waals surface area contributed by atoms with Gasteiger partial charge in [0.15, 0.2) is 5.65 Å². The van der Waals surface area contributed by atoms with Gasteiger partial charge in [0.2, 0.25) is 0 Å². The van der Waals surface area contributed by atoms with Gasteiger partial charge in [-0.2, -0.15) is 0 Å². The highest BCUT2D eigenvalue weighted by Gasteiger charge is 2.16. The monoisotopic (exact) mass is 320 g/mol. The lowest BCUT2D eigenvalue weighted by Crippen LogP contribution is -2.13. The van der Waals surface area contributed by atoms with Gasteiger partial charge in [-0.05, 0) is 18.2 Å². The summed E-state index contributed by atoms with van der Waals surface area (Å²) in [6, 6.07) is 9.87. The molecule has 0 bridgehead atoms. The highest BCUT2D eigenvalue weighted by Crippen LogP contribution is 2.28. The van der Waals surface area contributed by atoms with E-state index in [-0.39, 0.29) is 0 Å². The van der Waals surface area contributed by atoms with Crippen LogP contribution in [0.15, 0.2) is 36.5 Å². The fourth-order valence-corrected chi connectivity index (χ4v) is 2.69. The predicted molar refractivity (Wildman–Crippen MR) is 87.8 cm³/mol. The summed E-state index contributed by atoms with van der Waals surface area (Å²) in [7, 11) is 4.01. The molecule has 0 unspecified atom stereocenters. The van der Waals surface area contributed by atoms with E-state index >= 15 is 0 Å². The molecule has 0 amide bonds. The van der Waals surface area contributed by atoms with Gasteiger partial charge in [0.05, 0.1) is 22.3 Å². The summed E-state index contributed by atoms with van der Waals surface area (Å²) in [5.74, 6) is 1.05. The summed E-state index contributed by atoms with van der Waals surface area (Å²) >= 11 is 12.1. The molecule has 6 heteroatoms. The zero-order chi connectivity index (χ0) is 15.0. The first-order valence-corrected chi connectivity index (χ1v) is 7.38. The Labute approximate surface area is 132 Å². The van der Waals surface area contributed by atoms with E-state index in [0.29, 0.717) is 10.9 Å². The Morgan fingerprint density at radius 2 is 2.00 bits per heavy atom. The number of hydrogen-bond donors (Lipinski definition) is 0. The summed E-state index contributed by atoms with van der Waals surface area (Å²) in [6.07, 6.45) is 1.62. The molecule has 3 aromatic rings. The summed E-state index contributed by atoms with van der Waals surface area (Å²) in [5.41, 5.74) is 3.56. The van der Waals surface area contributed by atoms with Crippen molar-refractivity contribution >= 4 is 40.1 Å². The number of imidazole rings is 1. The molecule has 0 atom stereocenters. The molecule has 0 N–H and O–H groups in total. The number of fused-ring (bicyclic) bond motifs is 1. The first-order chi connectivity index (χ1) is 10.1. The van der Waals surface area contributed by atoms with Gasteiger partial charge in [-0.1, -0.05) is 23.7 Å². The van der Waals surface area contributed by atoms with Crippen molar-refractivity contribution in [3.8, 4) is 5.69 Å². The van der Waals surface area contributed by atoms with Gasteiger partial charge >= 0.3 is 0 Å².